The summed E-state index contributed by atoms with van der Waals surface area (Å²) >= 11 is 3.55. The minimum Gasteiger partial charge on any atom is -0.495 e. The molecule has 0 aliphatic carbocycles. The summed E-state index contributed by atoms with van der Waals surface area (Å²) in [4.78, 5) is 12.8. The summed E-state index contributed by atoms with van der Waals surface area (Å²) in [5.41, 5.74) is 1.06. The fraction of sp³-hybridized carbons (Fsp3) is 0.105. The Balaban J connectivity index is 2.06. The number of fused-ring (bicyclic) bond motifs is 1. The fourth-order valence-corrected chi connectivity index (χ4v) is 3.33. The van der Waals surface area contributed by atoms with Gasteiger partial charge in [-0.2, -0.15) is 0 Å². The van der Waals surface area contributed by atoms with Gasteiger partial charge in [-0.25, -0.2) is 0 Å². The second-order valence-electron chi connectivity index (χ2n) is 5.15. The van der Waals surface area contributed by atoms with Gasteiger partial charge in [0.1, 0.15) is 11.5 Å². The van der Waals surface area contributed by atoms with E-state index in [1.165, 1.54) is 0 Å². The zero-order valence-corrected chi connectivity index (χ0v) is 14.9. The van der Waals surface area contributed by atoms with E-state index < -0.39 is 0 Å². The van der Waals surface area contributed by atoms with Crippen LogP contribution in [0.5, 0.6) is 11.5 Å². The molecule has 0 aliphatic heterocycles. The summed E-state index contributed by atoms with van der Waals surface area (Å²) in [6.45, 7) is 0. The van der Waals surface area contributed by atoms with Crippen molar-refractivity contribution in [2.45, 2.75) is 0 Å². The van der Waals surface area contributed by atoms with Gasteiger partial charge in [-0.3, -0.25) is 4.79 Å². The van der Waals surface area contributed by atoms with Crippen LogP contribution in [0.2, 0.25) is 0 Å². The highest BCUT2D eigenvalue weighted by Gasteiger charge is 2.19. The number of halogens is 1. The number of carbonyl (C=O) groups is 1. The molecule has 3 aromatic rings. The average Bonchev–Trinajstić information content (AvgIpc) is 2.62. The molecule has 3 aromatic carbocycles. The van der Waals surface area contributed by atoms with Crippen LogP contribution in [-0.2, 0) is 0 Å². The molecule has 0 radical (unpaired) electrons. The first-order valence-electron chi connectivity index (χ1n) is 7.35. The third-order valence-corrected chi connectivity index (χ3v) is 4.53. The molecule has 0 atom stereocenters. The Hall–Kier alpha value is -2.53. The summed E-state index contributed by atoms with van der Waals surface area (Å²) < 4.78 is 11.5. The van der Waals surface area contributed by atoms with Gasteiger partial charge in [0, 0.05) is 0 Å². The van der Waals surface area contributed by atoms with Crippen LogP contribution in [0.4, 0.5) is 5.69 Å². The van der Waals surface area contributed by atoms with E-state index in [0.717, 1.165) is 15.2 Å². The summed E-state index contributed by atoms with van der Waals surface area (Å²) in [5, 5.41) is 4.82. The molecule has 3 rings (SSSR count). The normalized spacial score (nSPS) is 10.5. The molecule has 1 amide bonds. The molecule has 122 valence electrons. The summed E-state index contributed by atoms with van der Waals surface area (Å²) in [6.07, 6.45) is 0. The lowest BCUT2D eigenvalue weighted by Crippen LogP contribution is -2.14. The molecule has 24 heavy (non-hydrogen) atoms. The highest BCUT2D eigenvalue weighted by atomic mass is 79.9. The van der Waals surface area contributed by atoms with Crippen LogP contribution in [0, 0.1) is 0 Å². The summed E-state index contributed by atoms with van der Waals surface area (Å²) in [5.74, 6) is 0.841. The van der Waals surface area contributed by atoms with Crippen LogP contribution in [-0.4, -0.2) is 20.1 Å². The van der Waals surface area contributed by atoms with Crippen molar-refractivity contribution < 1.29 is 14.3 Å². The number of nitrogens with one attached hydrogen (secondary N) is 1. The third kappa shape index (κ3) is 2.95. The van der Waals surface area contributed by atoms with Gasteiger partial charge in [0.25, 0.3) is 5.91 Å². The number of ether oxygens (including phenoxy) is 2. The van der Waals surface area contributed by atoms with Gasteiger partial charge >= 0.3 is 0 Å². The molecule has 0 heterocycles. The van der Waals surface area contributed by atoms with E-state index in [2.05, 4.69) is 21.2 Å². The number of benzene rings is 3. The lowest BCUT2D eigenvalue weighted by Gasteiger charge is -2.14. The van der Waals surface area contributed by atoms with Gasteiger partial charge in [-0.15, -0.1) is 0 Å². The molecule has 0 spiro atoms. The predicted octanol–water partition coefficient (Wildman–Crippen LogP) is 4.87. The molecule has 4 nitrogen and oxygen atoms in total. The van der Waals surface area contributed by atoms with Crippen LogP contribution < -0.4 is 14.8 Å². The van der Waals surface area contributed by atoms with E-state index >= 15 is 0 Å². The van der Waals surface area contributed by atoms with Crippen molar-refractivity contribution in [1.29, 1.82) is 0 Å². The number of anilines is 1. The minimum atomic E-state index is -0.261. The van der Waals surface area contributed by atoms with E-state index in [0.29, 0.717) is 22.7 Å². The number of rotatable bonds is 4. The van der Waals surface area contributed by atoms with E-state index in [1.807, 2.05) is 42.5 Å². The van der Waals surface area contributed by atoms with Gasteiger partial charge in [-0.1, -0.05) is 36.4 Å². The van der Waals surface area contributed by atoms with E-state index in [-0.39, 0.29) is 5.91 Å². The standard InChI is InChI=1S/C19H16BrNO3/c1-23-16-10-6-5-9-15(16)21-19(22)14-11-12-7-3-4-8-13(12)17(20)18(14)24-2/h3-11H,1-2H3,(H,21,22). The highest BCUT2D eigenvalue weighted by molar-refractivity contribution is 9.10. The van der Waals surface area contributed by atoms with E-state index in [9.17, 15) is 4.79 Å². The van der Waals surface area contributed by atoms with Crippen molar-refractivity contribution in [3.63, 3.8) is 0 Å². The number of methoxy groups -OCH3 is 2. The van der Waals surface area contributed by atoms with Crippen molar-refractivity contribution in [2.75, 3.05) is 19.5 Å². The predicted molar refractivity (Wildman–Crippen MR) is 99.1 cm³/mol. The molecule has 1 N–H and O–H groups in total. The second kappa shape index (κ2) is 6.93. The molecule has 0 aromatic heterocycles. The smallest absolute Gasteiger partial charge is 0.259 e. The van der Waals surface area contributed by atoms with Crippen LogP contribution in [0.3, 0.4) is 0 Å². The summed E-state index contributed by atoms with van der Waals surface area (Å²) in [6, 6.07) is 16.9. The number of para-hydroxylation sites is 2. The van der Waals surface area contributed by atoms with Crippen LogP contribution in [0.15, 0.2) is 59.1 Å². The van der Waals surface area contributed by atoms with Crippen LogP contribution in [0.25, 0.3) is 10.8 Å². The molecule has 0 bridgehead atoms. The van der Waals surface area contributed by atoms with E-state index in [1.54, 1.807) is 26.4 Å². The van der Waals surface area contributed by atoms with Gasteiger partial charge < -0.3 is 14.8 Å². The van der Waals surface area contributed by atoms with Gasteiger partial charge in [0.2, 0.25) is 0 Å². The first-order valence-corrected chi connectivity index (χ1v) is 8.14. The van der Waals surface area contributed by atoms with Crippen LogP contribution >= 0.6 is 15.9 Å². The third-order valence-electron chi connectivity index (χ3n) is 3.75. The SMILES string of the molecule is COc1ccccc1NC(=O)c1cc2ccccc2c(Br)c1OC. The number of hydrogen-bond acceptors (Lipinski definition) is 3. The van der Waals surface area contributed by atoms with Gasteiger partial charge in [0.15, 0.2) is 0 Å². The van der Waals surface area contributed by atoms with Crippen molar-refractivity contribution >= 4 is 38.3 Å². The Morgan fingerprint density at radius 1 is 1.00 bits per heavy atom. The largest absolute Gasteiger partial charge is 0.495 e. The fourth-order valence-electron chi connectivity index (χ4n) is 2.59. The Morgan fingerprint density at radius 2 is 1.71 bits per heavy atom. The zero-order valence-electron chi connectivity index (χ0n) is 13.3. The lowest BCUT2D eigenvalue weighted by molar-refractivity contribution is 0.102. The maximum absolute atomic E-state index is 12.8. The molecule has 0 saturated heterocycles. The molecule has 0 unspecified atom stereocenters. The van der Waals surface area contributed by atoms with Crippen molar-refractivity contribution in [3.8, 4) is 11.5 Å². The lowest BCUT2D eigenvalue weighted by atomic mass is 10.0. The molecule has 0 fully saturated rings. The zero-order chi connectivity index (χ0) is 17.1. The average molecular weight is 386 g/mol. The highest BCUT2D eigenvalue weighted by Crippen LogP contribution is 2.37. The molecule has 0 saturated carbocycles. The number of amides is 1. The summed E-state index contributed by atoms with van der Waals surface area (Å²) in [7, 11) is 3.12. The Morgan fingerprint density at radius 3 is 2.46 bits per heavy atom. The monoisotopic (exact) mass is 385 g/mol. The van der Waals surface area contributed by atoms with Gasteiger partial charge in [0.05, 0.1) is 29.9 Å². The Labute approximate surface area is 148 Å². The Kier molecular flexibility index (Phi) is 4.71. The molecular formula is C19H16BrNO3. The Bertz CT molecular complexity index is 908. The maximum Gasteiger partial charge on any atom is 0.259 e. The maximum atomic E-state index is 12.8. The van der Waals surface area contributed by atoms with Crippen molar-refractivity contribution in [2.24, 2.45) is 0 Å². The number of hydrogen-bond donors (Lipinski definition) is 1. The molecule has 0 aliphatic rings. The van der Waals surface area contributed by atoms with Crippen molar-refractivity contribution in [1.82, 2.24) is 0 Å². The van der Waals surface area contributed by atoms with Gasteiger partial charge in [-0.05, 0) is 44.9 Å². The first kappa shape index (κ1) is 16.3. The number of carbonyl (C=O) groups excluding carboxylic acids is 1. The van der Waals surface area contributed by atoms with Crippen molar-refractivity contribution in [3.05, 3.63) is 64.6 Å². The quantitative estimate of drug-likeness (QED) is 0.696. The van der Waals surface area contributed by atoms with E-state index in [4.69, 9.17) is 9.47 Å². The minimum absolute atomic E-state index is 0.261. The molecular weight excluding hydrogens is 370 g/mol. The first-order chi connectivity index (χ1) is 11.7. The van der Waals surface area contributed by atoms with Crippen LogP contribution in [0.1, 0.15) is 10.4 Å². The second-order valence-corrected chi connectivity index (χ2v) is 5.94. The topological polar surface area (TPSA) is 47.6 Å². The molecule has 5 heteroatoms.